The number of hydrogen-bond donors (Lipinski definition) is 1. The Bertz CT molecular complexity index is 923. The number of benzene rings is 2. The van der Waals surface area contributed by atoms with E-state index < -0.39 is 4.92 Å². The summed E-state index contributed by atoms with van der Waals surface area (Å²) in [6.45, 7) is 1.79. The highest BCUT2D eigenvalue weighted by atomic mass is 32.2. The largest absolute Gasteiger partial charge is 0.323 e. The van der Waals surface area contributed by atoms with Crippen LogP contribution in [-0.2, 0) is 4.79 Å². The zero-order valence-electron chi connectivity index (χ0n) is 13.4. The molecule has 1 amide bonds. The van der Waals surface area contributed by atoms with Gasteiger partial charge in [0.25, 0.3) is 5.69 Å². The number of anilines is 1. The lowest BCUT2D eigenvalue weighted by Crippen LogP contribution is -2.22. The molecular weight excluding hydrogens is 338 g/mol. The van der Waals surface area contributed by atoms with Crippen LogP contribution < -0.4 is 5.32 Å². The van der Waals surface area contributed by atoms with Crippen LogP contribution in [0.1, 0.15) is 6.92 Å². The molecule has 0 aliphatic rings. The van der Waals surface area contributed by atoms with Gasteiger partial charge in [-0.3, -0.25) is 19.9 Å². The van der Waals surface area contributed by atoms with Crippen molar-refractivity contribution in [3.8, 4) is 0 Å². The summed E-state index contributed by atoms with van der Waals surface area (Å²) in [5.74, 6) is -0.151. The molecular formula is C18H15N3O3S. The van der Waals surface area contributed by atoms with Crippen LogP contribution in [0.4, 0.5) is 11.4 Å². The third kappa shape index (κ3) is 3.95. The smallest absolute Gasteiger partial charge is 0.269 e. The molecule has 2 aromatic carbocycles. The lowest BCUT2D eigenvalue weighted by atomic mass is 10.2. The summed E-state index contributed by atoms with van der Waals surface area (Å²) in [4.78, 5) is 27.8. The van der Waals surface area contributed by atoms with Gasteiger partial charge in [0.2, 0.25) is 5.91 Å². The SMILES string of the molecule is CC(Sc1ccc([N+](=O)[O-])cc1)C(=O)Nc1cccc2cccnc12. The van der Waals surface area contributed by atoms with Gasteiger partial charge in [-0.05, 0) is 31.2 Å². The van der Waals surface area contributed by atoms with Crippen molar-refractivity contribution >= 4 is 39.9 Å². The first-order chi connectivity index (χ1) is 12.0. The number of nitro groups is 1. The third-order valence-electron chi connectivity index (χ3n) is 3.62. The van der Waals surface area contributed by atoms with E-state index in [0.29, 0.717) is 5.69 Å². The summed E-state index contributed by atoms with van der Waals surface area (Å²) < 4.78 is 0. The van der Waals surface area contributed by atoms with Crippen LogP contribution in [0.3, 0.4) is 0 Å². The monoisotopic (exact) mass is 353 g/mol. The number of fused-ring (bicyclic) bond motifs is 1. The Hall–Kier alpha value is -2.93. The molecule has 25 heavy (non-hydrogen) atoms. The average Bonchev–Trinajstić information content (AvgIpc) is 2.62. The Balaban J connectivity index is 1.71. The topological polar surface area (TPSA) is 85.1 Å². The van der Waals surface area contributed by atoms with E-state index >= 15 is 0 Å². The lowest BCUT2D eigenvalue weighted by Gasteiger charge is -2.13. The summed E-state index contributed by atoms with van der Waals surface area (Å²) >= 11 is 1.34. The summed E-state index contributed by atoms with van der Waals surface area (Å²) in [6.07, 6.45) is 1.69. The minimum absolute atomic E-state index is 0.0308. The zero-order valence-corrected chi connectivity index (χ0v) is 14.2. The van der Waals surface area contributed by atoms with Crippen LogP contribution in [0.15, 0.2) is 65.7 Å². The highest BCUT2D eigenvalue weighted by Gasteiger charge is 2.16. The fourth-order valence-corrected chi connectivity index (χ4v) is 3.21. The van der Waals surface area contributed by atoms with Crippen LogP contribution in [0.25, 0.3) is 10.9 Å². The highest BCUT2D eigenvalue weighted by molar-refractivity contribution is 8.00. The second-order valence-electron chi connectivity index (χ2n) is 5.38. The van der Waals surface area contributed by atoms with Crippen molar-refractivity contribution in [3.05, 3.63) is 70.9 Å². The molecule has 0 aliphatic carbocycles. The number of carbonyl (C=O) groups is 1. The number of amides is 1. The molecule has 0 saturated carbocycles. The quantitative estimate of drug-likeness (QED) is 0.421. The maximum Gasteiger partial charge on any atom is 0.269 e. The number of non-ortho nitro benzene ring substituents is 1. The maximum absolute atomic E-state index is 12.5. The van der Waals surface area contributed by atoms with E-state index in [0.717, 1.165) is 15.8 Å². The average molecular weight is 353 g/mol. The lowest BCUT2D eigenvalue weighted by molar-refractivity contribution is -0.384. The number of aromatic nitrogens is 1. The number of rotatable bonds is 5. The van der Waals surface area contributed by atoms with Gasteiger partial charge in [0.1, 0.15) is 0 Å². The molecule has 0 radical (unpaired) electrons. The highest BCUT2D eigenvalue weighted by Crippen LogP contribution is 2.27. The van der Waals surface area contributed by atoms with E-state index in [1.165, 1.54) is 23.9 Å². The third-order valence-corrected chi connectivity index (χ3v) is 4.73. The zero-order chi connectivity index (χ0) is 17.8. The Labute approximate surface area is 148 Å². The van der Waals surface area contributed by atoms with Gasteiger partial charge in [0.15, 0.2) is 0 Å². The number of nitro benzene ring substituents is 1. The number of para-hydroxylation sites is 1. The van der Waals surface area contributed by atoms with E-state index in [1.54, 1.807) is 25.3 Å². The Morgan fingerprint density at radius 3 is 2.60 bits per heavy atom. The molecule has 126 valence electrons. The summed E-state index contributed by atoms with van der Waals surface area (Å²) in [5.41, 5.74) is 1.44. The Kier molecular flexibility index (Phi) is 4.95. The van der Waals surface area contributed by atoms with E-state index in [2.05, 4.69) is 10.3 Å². The number of nitrogens with one attached hydrogen (secondary N) is 1. The van der Waals surface area contributed by atoms with E-state index in [-0.39, 0.29) is 16.8 Å². The molecule has 6 nitrogen and oxygen atoms in total. The van der Waals surface area contributed by atoms with E-state index in [4.69, 9.17) is 0 Å². The van der Waals surface area contributed by atoms with Crippen molar-refractivity contribution < 1.29 is 9.72 Å². The molecule has 1 aromatic heterocycles. The van der Waals surface area contributed by atoms with Gasteiger partial charge in [-0.1, -0.05) is 18.2 Å². The first-order valence-corrected chi connectivity index (χ1v) is 8.48. The first-order valence-electron chi connectivity index (χ1n) is 7.60. The van der Waals surface area contributed by atoms with E-state index in [1.807, 2.05) is 30.3 Å². The number of hydrogen-bond acceptors (Lipinski definition) is 5. The van der Waals surface area contributed by atoms with E-state index in [9.17, 15) is 14.9 Å². The molecule has 7 heteroatoms. The Morgan fingerprint density at radius 2 is 1.88 bits per heavy atom. The van der Waals surface area contributed by atoms with Gasteiger partial charge in [-0.15, -0.1) is 11.8 Å². The van der Waals surface area contributed by atoms with Crippen LogP contribution in [-0.4, -0.2) is 21.1 Å². The van der Waals surface area contributed by atoms with Crippen LogP contribution >= 0.6 is 11.8 Å². The van der Waals surface area contributed by atoms with Gasteiger partial charge in [-0.2, -0.15) is 0 Å². The van der Waals surface area contributed by atoms with Crippen molar-refractivity contribution in [1.29, 1.82) is 0 Å². The molecule has 1 atom stereocenters. The number of thioether (sulfide) groups is 1. The van der Waals surface area contributed by atoms with Gasteiger partial charge in [0, 0.05) is 28.6 Å². The van der Waals surface area contributed by atoms with Crippen LogP contribution in [0, 0.1) is 10.1 Å². The van der Waals surface area contributed by atoms with Crippen LogP contribution in [0.2, 0.25) is 0 Å². The molecule has 1 heterocycles. The van der Waals surface area contributed by atoms with Crippen molar-refractivity contribution in [2.75, 3.05) is 5.32 Å². The molecule has 3 aromatic rings. The predicted octanol–water partition coefficient (Wildman–Crippen LogP) is 4.26. The molecule has 0 bridgehead atoms. The van der Waals surface area contributed by atoms with Crippen molar-refractivity contribution in [1.82, 2.24) is 4.98 Å². The van der Waals surface area contributed by atoms with Crippen LogP contribution in [0.5, 0.6) is 0 Å². The fraction of sp³-hybridized carbons (Fsp3) is 0.111. The first kappa shape index (κ1) is 16.9. The van der Waals surface area contributed by atoms with Gasteiger partial charge in [0.05, 0.1) is 21.4 Å². The standard InChI is InChI=1S/C18H15N3O3S/c1-12(25-15-9-7-14(8-10-15)21(23)24)18(22)20-16-6-2-4-13-5-3-11-19-17(13)16/h2-12H,1H3,(H,20,22). The molecule has 1 N–H and O–H groups in total. The molecule has 0 spiro atoms. The number of nitrogens with zero attached hydrogens (tertiary/aromatic N) is 2. The molecule has 0 saturated heterocycles. The minimum atomic E-state index is -0.446. The molecule has 3 rings (SSSR count). The second kappa shape index (κ2) is 7.31. The minimum Gasteiger partial charge on any atom is -0.323 e. The van der Waals surface area contributed by atoms with Crippen molar-refractivity contribution in [2.45, 2.75) is 17.1 Å². The van der Waals surface area contributed by atoms with Crippen molar-refractivity contribution in [2.24, 2.45) is 0 Å². The molecule has 1 unspecified atom stereocenters. The van der Waals surface area contributed by atoms with Crippen molar-refractivity contribution in [3.63, 3.8) is 0 Å². The predicted molar refractivity (Wildman–Crippen MR) is 98.8 cm³/mol. The Morgan fingerprint density at radius 1 is 1.16 bits per heavy atom. The normalized spacial score (nSPS) is 11.9. The fourth-order valence-electron chi connectivity index (χ4n) is 2.34. The molecule has 0 fully saturated rings. The number of carbonyl (C=O) groups excluding carboxylic acids is 1. The van der Waals surface area contributed by atoms with Gasteiger partial charge < -0.3 is 5.32 Å². The van der Waals surface area contributed by atoms with Gasteiger partial charge in [-0.25, -0.2) is 0 Å². The van der Waals surface area contributed by atoms with Gasteiger partial charge >= 0.3 is 0 Å². The number of pyridine rings is 1. The maximum atomic E-state index is 12.5. The summed E-state index contributed by atoms with van der Waals surface area (Å²) in [5, 5.41) is 14.2. The molecule has 0 aliphatic heterocycles. The summed E-state index contributed by atoms with van der Waals surface area (Å²) in [6, 6.07) is 15.6. The summed E-state index contributed by atoms with van der Waals surface area (Å²) in [7, 11) is 0. The second-order valence-corrected chi connectivity index (χ2v) is 6.80.